The molecule has 0 amide bonds. The molecule has 1 heterocycles. The Labute approximate surface area is 71.5 Å². The summed E-state index contributed by atoms with van der Waals surface area (Å²) < 4.78 is 1.63. The monoisotopic (exact) mass is 170 g/mol. The van der Waals surface area contributed by atoms with Gasteiger partial charge in [-0.3, -0.25) is 0 Å². The van der Waals surface area contributed by atoms with Gasteiger partial charge in [-0.15, -0.1) is 0 Å². The van der Waals surface area contributed by atoms with Gasteiger partial charge in [0.2, 0.25) is 0 Å². The highest BCUT2D eigenvalue weighted by molar-refractivity contribution is 4.82. The van der Waals surface area contributed by atoms with Crippen molar-refractivity contribution in [3.8, 4) is 0 Å². The van der Waals surface area contributed by atoms with Crippen molar-refractivity contribution < 1.29 is 10.2 Å². The van der Waals surface area contributed by atoms with Crippen molar-refractivity contribution in [3.63, 3.8) is 0 Å². The largest absolute Gasteiger partial charge is 0.396 e. The smallest absolute Gasteiger partial charge is 0.139 e. The molecule has 4 nitrogen and oxygen atoms in total. The molecule has 0 aliphatic carbocycles. The van der Waals surface area contributed by atoms with E-state index in [1.54, 1.807) is 30.2 Å². The van der Waals surface area contributed by atoms with E-state index in [0.717, 1.165) is 0 Å². The minimum Gasteiger partial charge on any atom is -0.396 e. The average molecular weight is 170 g/mol. The number of nitrogens with zero attached hydrogens (tertiary/aromatic N) is 2. The molecular weight excluding hydrogens is 156 g/mol. The van der Waals surface area contributed by atoms with Gasteiger partial charge in [0, 0.05) is 19.0 Å². The van der Waals surface area contributed by atoms with Gasteiger partial charge in [0.15, 0.2) is 0 Å². The molecule has 1 rings (SSSR count). The van der Waals surface area contributed by atoms with Gasteiger partial charge in [0.25, 0.3) is 0 Å². The Morgan fingerprint density at radius 1 is 1.58 bits per heavy atom. The van der Waals surface area contributed by atoms with Gasteiger partial charge in [0.1, 0.15) is 5.72 Å². The van der Waals surface area contributed by atoms with Gasteiger partial charge >= 0.3 is 0 Å². The van der Waals surface area contributed by atoms with Gasteiger partial charge in [-0.25, -0.2) is 4.98 Å². The quantitative estimate of drug-likeness (QED) is 0.684. The van der Waals surface area contributed by atoms with Gasteiger partial charge in [-0.2, -0.15) is 0 Å². The van der Waals surface area contributed by atoms with Crippen LogP contribution in [0.15, 0.2) is 18.7 Å². The topological polar surface area (TPSA) is 58.3 Å². The molecule has 0 radical (unpaired) electrons. The van der Waals surface area contributed by atoms with Crippen molar-refractivity contribution >= 4 is 0 Å². The van der Waals surface area contributed by atoms with Crippen molar-refractivity contribution in [1.29, 1.82) is 0 Å². The third-order valence-electron chi connectivity index (χ3n) is 1.87. The molecule has 68 valence electrons. The minimum atomic E-state index is -0.931. The van der Waals surface area contributed by atoms with E-state index in [1.807, 2.05) is 0 Å². The first-order valence-electron chi connectivity index (χ1n) is 3.98. The van der Waals surface area contributed by atoms with E-state index in [0.29, 0.717) is 12.8 Å². The summed E-state index contributed by atoms with van der Waals surface area (Å²) in [5.74, 6) is 0. The second-order valence-electron chi connectivity index (χ2n) is 3.01. The van der Waals surface area contributed by atoms with Crippen LogP contribution in [-0.4, -0.2) is 26.4 Å². The molecular formula is C8H14N2O2. The van der Waals surface area contributed by atoms with Crippen molar-refractivity contribution in [1.82, 2.24) is 9.55 Å². The van der Waals surface area contributed by atoms with E-state index >= 15 is 0 Å². The van der Waals surface area contributed by atoms with Crippen LogP contribution >= 0.6 is 0 Å². The number of imidazole rings is 1. The second kappa shape index (κ2) is 3.69. The van der Waals surface area contributed by atoms with Crippen LogP contribution < -0.4 is 0 Å². The van der Waals surface area contributed by atoms with Crippen LogP contribution in [0.3, 0.4) is 0 Å². The molecule has 2 N–H and O–H groups in total. The first-order valence-corrected chi connectivity index (χ1v) is 3.98. The van der Waals surface area contributed by atoms with Gasteiger partial charge in [-0.05, 0) is 19.8 Å². The lowest BCUT2D eigenvalue weighted by Crippen LogP contribution is -2.28. The Balaban J connectivity index is 2.59. The maximum absolute atomic E-state index is 9.82. The van der Waals surface area contributed by atoms with E-state index < -0.39 is 5.72 Å². The van der Waals surface area contributed by atoms with Crippen LogP contribution in [-0.2, 0) is 5.72 Å². The molecule has 0 aliphatic heterocycles. The third kappa shape index (κ3) is 2.06. The van der Waals surface area contributed by atoms with Crippen LogP contribution in [0.5, 0.6) is 0 Å². The summed E-state index contributed by atoms with van der Waals surface area (Å²) in [6, 6.07) is 0. The molecule has 1 aromatic heterocycles. The lowest BCUT2D eigenvalue weighted by Gasteiger charge is -2.24. The Morgan fingerprint density at radius 3 is 2.83 bits per heavy atom. The predicted molar refractivity (Wildman–Crippen MR) is 44.4 cm³/mol. The molecule has 1 aromatic rings. The number of aliphatic hydroxyl groups is 2. The lowest BCUT2D eigenvalue weighted by atomic mass is 10.1. The SMILES string of the molecule is CC(O)(CCCO)n1ccnc1. The molecule has 12 heavy (non-hydrogen) atoms. The molecule has 0 saturated heterocycles. The summed E-state index contributed by atoms with van der Waals surface area (Å²) in [5.41, 5.74) is -0.931. The van der Waals surface area contributed by atoms with Crippen molar-refractivity contribution in [2.24, 2.45) is 0 Å². The van der Waals surface area contributed by atoms with E-state index in [2.05, 4.69) is 4.98 Å². The second-order valence-corrected chi connectivity index (χ2v) is 3.01. The van der Waals surface area contributed by atoms with E-state index in [1.165, 1.54) is 0 Å². The normalized spacial score (nSPS) is 15.9. The zero-order chi connectivity index (χ0) is 9.03. The zero-order valence-electron chi connectivity index (χ0n) is 7.14. The molecule has 1 atom stereocenters. The molecule has 4 heteroatoms. The number of aliphatic hydroxyl groups excluding tert-OH is 1. The summed E-state index contributed by atoms with van der Waals surface area (Å²) >= 11 is 0. The molecule has 0 aromatic carbocycles. The Hall–Kier alpha value is -0.870. The summed E-state index contributed by atoms with van der Waals surface area (Å²) in [6.07, 6.45) is 6.01. The van der Waals surface area contributed by atoms with Crippen LogP contribution in [0.1, 0.15) is 19.8 Å². The Morgan fingerprint density at radius 2 is 2.33 bits per heavy atom. The molecule has 0 aliphatic rings. The summed E-state index contributed by atoms with van der Waals surface area (Å²) in [4.78, 5) is 3.84. The predicted octanol–water partition coefficient (Wildman–Crippen LogP) is 0.321. The lowest BCUT2D eigenvalue weighted by molar-refractivity contribution is -0.0315. The number of hydrogen-bond acceptors (Lipinski definition) is 3. The van der Waals surface area contributed by atoms with E-state index in [9.17, 15) is 5.11 Å². The number of rotatable bonds is 4. The highest BCUT2D eigenvalue weighted by atomic mass is 16.3. The molecule has 0 fully saturated rings. The fraction of sp³-hybridized carbons (Fsp3) is 0.625. The minimum absolute atomic E-state index is 0.102. The number of aromatic nitrogens is 2. The molecule has 0 spiro atoms. The van der Waals surface area contributed by atoms with E-state index in [-0.39, 0.29) is 6.61 Å². The fourth-order valence-electron chi connectivity index (χ4n) is 1.09. The van der Waals surface area contributed by atoms with E-state index in [4.69, 9.17) is 5.11 Å². The number of hydrogen-bond donors (Lipinski definition) is 2. The molecule has 0 bridgehead atoms. The maximum Gasteiger partial charge on any atom is 0.139 e. The van der Waals surface area contributed by atoms with Crippen LogP contribution in [0.2, 0.25) is 0 Å². The maximum atomic E-state index is 9.82. The van der Waals surface area contributed by atoms with Gasteiger partial charge in [-0.1, -0.05) is 0 Å². The van der Waals surface area contributed by atoms with Gasteiger partial charge in [0.05, 0.1) is 6.33 Å². The van der Waals surface area contributed by atoms with Crippen LogP contribution in [0, 0.1) is 0 Å². The van der Waals surface area contributed by atoms with Crippen molar-refractivity contribution in [2.45, 2.75) is 25.5 Å². The highest BCUT2D eigenvalue weighted by Gasteiger charge is 2.20. The Kier molecular flexibility index (Phi) is 2.83. The summed E-state index contributed by atoms with van der Waals surface area (Å²) in [7, 11) is 0. The van der Waals surface area contributed by atoms with Crippen molar-refractivity contribution in [2.75, 3.05) is 6.61 Å². The first-order chi connectivity index (χ1) is 5.67. The average Bonchev–Trinajstić information content (AvgIpc) is 2.53. The highest BCUT2D eigenvalue weighted by Crippen LogP contribution is 2.17. The Bertz CT molecular complexity index is 219. The standard InChI is InChI=1S/C8H14N2O2/c1-8(12,3-2-6-11)10-5-4-9-7-10/h4-5,7,11-12H,2-3,6H2,1H3. The van der Waals surface area contributed by atoms with Crippen LogP contribution in [0.25, 0.3) is 0 Å². The summed E-state index contributed by atoms with van der Waals surface area (Å²) in [6.45, 7) is 1.80. The van der Waals surface area contributed by atoms with Crippen molar-refractivity contribution in [3.05, 3.63) is 18.7 Å². The first kappa shape index (κ1) is 9.22. The third-order valence-corrected chi connectivity index (χ3v) is 1.87. The zero-order valence-corrected chi connectivity index (χ0v) is 7.14. The molecule has 1 unspecified atom stereocenters. The molecule has 0 saturated carbocycles. The van der Waals surface area contributed by atoms with Crippen LogP contribution in [0.4, 0.5) is 0 Å². The summed E-state index contributed by atoms with van der Waals surface area (Å²) in [5, 5.41) is 18.4. The van der Waals surface area contributed by atoms with Gasteiger partial charge < -0.3 is 14.8 Å². The fourth-order valence-corrected chi connectivity index (χ4v) is 1.09.